The number of fused-ring (bicyclic) bond motifs is 1. The molecule has 0 aliphatic heterocycles. The first kappa shape index (κ1) is 11.0. The molecule has 1 aromatic heterocycles. The van der Waals surface area contributed by atoms with Crippen molar-refractivity contribution in [1.82, 2.24) is 9.55 Å². The van der Waals surface area contributed by atoms with Crippen molar-refractivity contribution in [2.75, 3.05) is 5.88 Å². The van der Waals surface area contributed by atoms with Gasteiger partial charge in [0.25, 0.3) is 0 Å². The van der Waals surface area contributed by atoms with E-state index in [1.807, 2.05) is 12.1 Å². The minimum absolute atomic E-state index is 0.564. The second-order valence-corrected chi connectivity index (χ2v) is 3.90. The third kappa shape index (κ3) is 1.77. The van der Waals surface area contributed by atoms with Crippen LogP contribution in [0.4, 0.5) is 0 Å². The van der Waals surface area contributed by atoms with E-state index in [1.165, 1.54) is 0 Å². The maximum absolute atomic E-state index is 8.87. The molecule has 0 amide bonds. The number of hydrogen-bond acceptors (Lipinski definition) is 2. The number of aryl methyl sites for hydroxylation is 2. The summed E-state index contributed by atoms with van der Waals surface area (Å²) in [6.45, 7) is 2.91. The van der Waals surface area contributed by atoms with Crippen molar-refractivity contribution in [3.8, 4) is 6.07 Å². The number of imidazole rings is 1. The summed E-state index contributed by atoms with van der Waals surface area (Å²) in [6.07, 6.45) is 0.756. The predicted molar refractivity (Wildman–Crippen MR) is 64.5 cm³/mol. The minimum atomic E-state index is 0.564. The van der Waals surface area contributed by atoms with Crippen LogP contribution in [-0.2, 0) is 13.0 Å². The van der Waals surface area contributed by atoms with Crippen molar-refractivity contribution in [1.29, 1.82) is 5.26 Å². The van der Waals surface area contributed by atoms with Crippen LogP contribution in [0.5, 0.6) is 0 Å². The molecular formula is C12H12ClN3. The second kappa shape index (κ2) is 4.54. The Balaban J connectivity index is 2.64. The lowest BCUT2D eigenvalue weighted by Gasteiger charge is -2.03. The molecule has 2 rings (SSSR count). The molecule has 16 heavy (non-hydrogen) atoms. The zero-order valence-electron chi connectivity index (χ0n) is 9.07. The molecule has 0 atom stereocenters. The normalized spacial score (nSPS) is 10.6. The topological polar surface area (TPSA) is 41.6 Å². The van der Waals surface area contributed by atoms with Gasteiger partial charge in [-0.1, -0.05) is 0 Å². The molecule has 0 fully saturated rings. The molecule has 0 aliphatic carbocycles. The summed E-state index contributed by atoms with van der Waals surface area (Å²) in [4.78, 5) is 4.52. The monoisotopic (exact) mass is 233 g/mol. The van der Waals surface area contributed by atoms with Crippen LogP contribution in [0.25, 0.3) is 11.0 Å². The summed E-state index contributed by atoms with van der Waals surface area (Å²) in [6, 6.07) is 7.70. The maximum Gasteiger partial charge on any atom is 0.111 e. The third-order valence-corrected chi connectivity index (χ3v) is 2.78. The average Bonchev–Trinajstić information content (AvgIpc) is 2.65. The van der Waals surface area contributed by atoms with E-state index in [9.17, 15) is 0 Å². The number of halogens is 1. The summed E-state index contributed by atoms with van der Waals surface area (Å²) in [5.74, 6) is 1.55. The predicted octanol–water partition coefficient (Wildman–Crippen LogP) is 2.71. The molecule has 0 aliphatic rings. The zero-order valence-corrected chi connectivity index (χ0v) is 9.83. The highest BCUT2D eigenvalue weighted by Gasteiger charge is 2.09. The lowest BCUT2D eigenvalue weighted by molar-refractivity contribution is 0.727. The first-order valence-electron chi connectivity index (χ1n) is 5.25. The lowest BCUT2D eigenvalue weighted by Crippen LogP contribution is -2.02. The van der Waals surface area contributed by atoms with Gasteiger partial charge in [-0.05, 0) is 25.1 Å². The molecule has 4 heteroatoms. The molecule has 82 valence electrons. The Labute approximate surface area is 99.3 Å². The first-order valence-corrected chi connectivity index (χ1v) is 5.78. The molecule has 3 nitrogen and oxygen atoms in total. The molecule has 0 saturated heterocycles. The van der Waals surface area contributed by atoms with Gasteiger partial charge in [-0.2, -0.15) is 5.26 Å². The molecule has 0 radical (unpaired) electrons. The maximum atomic E-state index is 8.87. The number of nitrogens with zero attached hydrogens (tertiary/aromatic N) is 3. The average molecular weight is 234 g/mol. The molecule has 0 bridgehead atoms. The number of nitriles is 1. The summed E-state index contributed by atoms with van der Waals surface area (Å²) >= 11 is 5.75. The van der Waals surface area contributed by atoms with Crippen LogP contribution in [0.3, 0.4) is 0 Å². The highest BCUT2D eigenvalue weighted by molar-refractivity contribution is 6.17. The van der Waals surface area contributed by atoms with Gasteiger partial charge >= 0.3 is 0 Å². The van der Waals surface area contributed by atoms with Gasteiger partial charge in [-0.3, -0.25) is 0 Å². The Bertz CT molecular complexity index is 551. The van der Waals surface area contributed by atoms with Crippen LogP contribution in [0.15, 0.2) is 18.2 Å². The summed E-state index contributed by atoms with van der Waals surface area (Å²) in [7, 11) is 0. The van der Waals surface area contributed by atoms with E-state index >= 15 is 0 Å². The number of benzene rings is 1. The third-order valence-electron chi connectivity index (χ3n) is 2.59. The van der Waals surface area contributed by atoms with Gasteiger partial charge in [0.1, 0.15) is 5.82 Å². The van der Waals surface area contributed by atoms with Crippen LogP contribution in [0.1, 0.15) is 18.3 Å². The Morgan fingerprint density at radius 2 is 2.31 bits per heavy atom. The van der Waals surface area contributed by atoms with Crippen molar-refractivity contribution in [3.05, 3.63) is 29.6 Å². The van der Waals surface area contributed by atoms with Crippen LogP contribution < -0.4 is 0 Å². The number of aromatic nitrogens is 2. The molecular weight excluding hydrogens is 222 g/mol. The Kier molecular flexibility index (Phi) is 3.12. The highest BCUT2D eigenvalue weighted by Crippen LogP contribution is 2.18. The molecule has 0 N–H and O–H groups in total. The van der Waals surface area contributed by atoms with Gasteiger partial charge in [0.15, 0.2) is 0 Å². The van der Waals surface area contributed by atoms with Crippen LogP contribution in [-0.4, -0.2) is 15.4 Å². The van der Waals surface area contributed by atoms with E-state index in [-0.39, 0.29) is 0 Å². The van der Waals surface area contributed by atoms with Crippen molar-refractivity contribution in [3.63, 3.8) is 0 Å². The Morgan fingerprint density at radius 1 is 1.50 bits per heavy atom. The second-order valence-electron chi connectivity index (χ2n) is 3.53. The van der Waals surface area contributed by atoms with Gasteiger partial charge in [-0.15, -0.1) is 11.6 Å². The van der Waals surface area contributed by atoms with E-state index in [0.717, 1.165) is 29.8 Å². The summed E-state index contributed by atoms with van der Waals surface area (Å²) in [5, 5.41) is 8.87. The van der Waals surface area contributed by atoms with Gasteiger partial charge < -0.3 is 4.57 Å². The number of alkyl halides is 1. The van der Waals surface area contributed by atoms with Gasteiger partial charge in [0, 0.05) is 18.8 Å². The fourth-order valence-electron chi connectivity index (χ4n) is 1.87. The minimum Gasteiger partial charge on any atom is -0.328 e. The van der Waals surface area contributed by atoms with E-state index in [0.29, 0.717) is 11.4 Å². The SMILES string of the molecule is CCn1c(CCCl)nc2ccc(C#N)cc21. The quantitative estimate of drug-likeness (QED) is 0.765. The highest BCUT2D eigenvalue weighted by atomic mass is 35.5. The molecule has 1 aromatic carbocycles. The van der Waals surface area contributed by atoms with E-state index in [4.69, 9.17) is 16.9 Å². The van der Waals surface area contributed by atoms with Gasteiger partial charge in [0.05, 0.1) is 22.7 Å². The smallest absolute Gasteiger partial charge is 0.111 e. The molecule has 0 unspecified atom stereocenters. The van der Waals surface area contributed by atoms with E-state index < -0.39 is 0 Å². The Hall–Kier alpha value is -1.53. The van der Waals surface area contributed by atoms with Crippen LogP contribution in [0.2, 0.25) is 0 Å². The fourth-order valence-corrected chi connectivity index (χ4v) is 2.04. The van der Waals surface area contributed by atoms with Crippen molar-refractivity contribution in [2.24, 2.45) is 0 Å². The first-order chi connectivity index (χ1) is 7.80. The fraction of sp³-hybridized carbons (Fsp3) is 0.333. The standard InChI is InChI=1S/C12H12ClN3/c1-2-16-11-7-9(8-14)3-4-10(11)15-12(16)5-6-13/h3-4,7H,2,5-6H2,1H3. The van der Waals surface area contributed by atoms with Crippen LogP contribution in [0, 0.1) is 11.3 Å². The van der Waals surface area contributed by atoms with Crippen LogP contribution >= 0.6 is 11.6 Å². The molecule has 0 spiro atoms. The van der Waals surface area contributed by atoms with E-state index in [2.05, 4.69) is 22.5 Å². The Morgan fingerprint density at radius 3 is 2.94 bits per heavy atom. The largest absolute Gasteiger partial charge is 0.328 e. The summed E-state index contributed by atoms with van der Waals surface area (Å²) in [5.41, 5.74) is 2.61. The van der Waals surface area contributed by atoms with Gasteiger partial charge in [-0.25, -0.2) is 4.98 Å². The summed E-state index contributed by atoms with van der Waals surface area (Å²) < 4.78 is 2.11. The van der Waals surface area contributed by atoms with Crippen molar-refractivity contribution < 1.29 is 0 Å². The van der Waals surface area contributed by atoms with Gasteiger partial charge in [0.2, 0.25) is 0 Å². The molecule has 2 aromatic rings. The number of hydrogen-bond donors (Lipinski definition) is 0. The number of rotatable bonds is 3. The zero-order chi connectivity index (χ0) is 11.5. The molecule has 1 heterocycles. The van der Waals surface area contributed by atoms with Crippen molar-refractivity contribution in [2.45, 2.75) is 19.9 Å². The molecule has 0 saturated carbocycles. The van der Waals surface area contributed by atoms with E-state index in [1.54, 1.807) is 6.07 Å². The lowest BCUT2D eigenvalue weighted by atomic mass is 10.2. The van der Waals surface area contributed by atoms with Crippen molar-refractivity contribution >= 4 is 22.6 Å².